The monoisotopic (exact) mass is 478 g/mol. The highest BCUT2D eigenvalue weighted by molar-refractivity contribution is 6.00. The highest BCUT2D eigenvalue weighted by atomic mass is 19.4. The number of hydrogen-bond donors (Lipinski definition) is 5. The van der Waals surface area contributed by atoms with Crippen LogP contribution in [0.1, 0.15) is 36.5 Å². The summed E-state index contributed by atoms with van der Waals surface area (Å²) in [5, 5.41) is 13.9. The molecule has 2 aromatic heterocycles. The van der Waals surface area contributed by atoms with Crippen LogP contribution in [0.25, 0.3) is 11.1 Å². The molecule has 0 aliphatic rings. The molecule has 0 saturated carbocycles. The molecule has 0 amide bonds. The number of aromatic nitrogens is 3. The molecule has 8 nitrogen and oxygen atoms in total. The summed E-state index contributed by atoms with van der Waals surface area (Å²) >= 11 is 0. The first kappa shape index (κ1) is 24.5. The number of benzene rings is 1. The fourth-order valence-corrected chi connectivity index (χ4v) is 3.28. The Balaban J connectivity index is 1.99. The van der Waals surface area contributed by atoms with Crippen LogP contribution in [-0.4, -0.2) is 20.8 Å². The molecule has 13 heteroatoms. The number of alkyl halides is 3. The molecular formula is C21H19F5N8. The fraction of sp³-hybridized carbons (Fsp3) is 0.190. The smallest absolute Gasteiger partial charge is 0.382 e. The zero-order chi connectivity index (χ0) is 25.0. The van der Waals surface area contributed by atoms with Crippen molar-refractivity contribution in [2.24, 2.45) is 10.8 Å². The lowest BCUT2D eigenvalue weighted by Crippen LogP contribution is -2.14. The van der Waals surface area contributed by atoms with E-state index >= 15 is 0 Å². The number of halogens is 5. The second-order valence-electron chi connectivity index (χ2n) is 7.13. The van der Waals surface area contributed by atoms with Gasteiger partial charge in [-0.25, -0.2) is 24.3 Å². The molecule has 3 rings (SSSR count). The highest BCUT2D eigenvalue weighted by Crippen LogP contribution is 2.34. The maximum atomic E-state index is 13.9. The fourth-order valence-electron chi connectivity index (χ4n) is 3.28. The lowest BCUT2D eigenvalue weighted by atomic mass is 9.98. The summed E-state index contributed by atoms with van der Waals surface area (Å²) in [5.74, 6) is -3.64. The molecule has 0 spiro atoms. The van der Waals surface area contributed by atoms with Gasteiger partial charge in [0.2, 0.25) is 5.82 Å². The number of hydrogen-bond acceptors (Lipinski definition) is 6. The number of nitrogen functional groups attached to an aromatic ring is 1. The molecule has 1 aromatic carbocycles. The first-order chi connectivity index (χ1) is 16.0. The summed E-state index contributed by atoms with van der Waals surface area (Å²) in [4.78, 5) is 9.60. The summed E-state index contributed by atoms with van der Waals surface area (Å²) in [6, 6.07) is 4.39. The average molecular weight is 478 g/mol. The largest absolute Gasteiger partial charge is 0.451 e. The second-order valence-corrected chi connectivity index (χ2v) is 7.13. The van der Waals surface area contributed by atoms with Crippen LogP contribution >= 0.6 is 0 Å². The van der Waals surface area contributed by atoms with Crippen molar-refractivity contribution in [1.29, 1.82) is 10.9 Å². The molecule has 0 fully saturated rings. The molecule has 0 radical (unpaired) electrons. The van der Waals surface area contributed by atoms with Crippen LogP contribution in [0.4, 0.5) is 27.6 Å². The first-order valence-electron chi connectivity index (χ1n) is 9.81. The van der Waals surface area contributed by atoms with Crippen LogP contribution in [-0.2, 0) is 6.18 Å². The number of nitrogens with zero attached hydrogens (tertiary/aromatic N) is 3. The van der Waals surface area contributed by atoms with Crippen molar-refractivity contribution in [3.05, 3.63) is 77.4 Å². The Labute approximate surface area is 190 Å². The predicted molar refractivity (Wildman–Crippen MR) is 114 cm³/mol. The van der Waals surface area contributed by atoms with E-state index in [2.05, 4.69) is 25.4 Å². The number of anilines is 1. The number of nitrogens with one attached hydrogen (secondary N) is 4. The Morgan fingerprint density at radius 1 is 1.24 bits per heavy atom. The van der Waals surface area contributed by atoms with Gasteiger partial charge in [0.1, 0.15) is 17.5 Å². The number of aromatic amines is 1. The maximum absolute atomic E-state index is 13.9. The quantitative estimate of drug-likeness (QED) is 0.126. The Morgan fingerprint density at radius 2 is 1.91 bits per heavy atom. The Morgan fingerprint density at radius 3 is 2.47 bits per heavy atom. The van der Waals surface area contributed by atoms with E-state index < -0.39 is 29.6 Å². The van der Waals surface area contributed by atoms with E-state index in [1.807, 2.05) is 0 Å². The molecule has 0 bridgehead atoms. The molecular weight excluding hydrogens is 459 g/mol. The second kappa shape index (κ2) is 9.77. The van der Waals surface area contributed by atoms with Gasteiger partial charge in [0, 0.05) is 47.4 Å². The number of amidine groups is 1. The van der Waals surface area contributed by atoms with Gasteiger partial charge >= 0.3 is 6.18 Å². The third kappa shape index (κ3) is 5.24. The minimum absolute atomic E-state index is 0.116. The lowest BCUT2D eigenvalue weighted by molar-refractivity contribution is -0.144. The predicted octanol–water partition coefficient (Wildman–Crippen LogP) is 5.53. The van der Waals surface area contributed by atoms with Gasteiger partial charge in [-0.1, -0.05) is 6.92 Å². The van der Waals surface area contributed by atoms with Gasteiger partial charge in [-0.05, 0) is 24.6 Å². The van der Waals surface area contributed by atoms with Crippen molar-refractivity contribution >= 4 is 11.5 Å². The first-order valence-corrected chi connectivity index (χ1v) is 9.81. The third-order valence-electron chi connectivity index (χ3n) is 4.90. The van der Waals surface area contributed by atoms with Crippen LogP contribution in [0.3, 0.4) is 0 Å². The Kier molecular flexibility index (Phi) is 7.03. The topological polar surface area (TPSA) is 140 Å². The normalized spacial score (nSPS) is 12.9. The van der Waals surface area contributed by atoms with Crippen LogP contribution < -0.4 is 11.1 Å². The lowest BCUT2D eigenvalue weighted by Gasteiger charge is -2.14. The zero-order valence-corrected chi connectivity index (χ0v) is 17.6. The van der Waals surface area contributed by atoms with Crippen molar-refractivity contribution in [1.82, 2.24) is 15.0 Å². The zero-order valence-electron chi connectivity index (χ0n) is 17.6. The van der Waals surface area contributed by atoms with Crippen molar-refractivity contribution in [3.63, 3.8) is 0 Å². The molecule has 6 N–H and O–H groups in total. The number of allylic oxidation sites excluding steroid dienone is 1. The van der Waals surface area contributed by atoms with Crippen molar-refractivity contribution in [2.75, 3.05) is 5.32 Å². The molecule has 3 aromatic rings. The van der Waals surface area contributed by atoms with Crippen LogP contribution in [0.15, 0.2) is 53.7 Å². The summed E-state index contributed by atoms with van der Waals surface area (Å²) in [6.07, 6.45) is -1.13. The number of H-pyrrole nitrogens is 1. The molecule has 1 unspecified atom stereocenters. The Bertz CT molecular complexity index is 1230. The molecule has 34 heavy (non-hydrogen) atoms. The van der Waals surface area contributed by atoms with Crippen molar-refractivity contribution < 1.29 is 22.0 Å². The van der Waals surface area contributed by atoms with E-state index in [1.165, 1.54) is 6.20 Å². The van der Waals surface area contributed by atoms with E-state index in [0.717, 1.165) is 30.6 Å². The van der Waals surface area contributed by atoms with Crippen molar-refractivity contribution in [2.45, 2.75) is 25.4 Å². The van der Waals surface area contributed by atoms with Gasteiger partial charge in [0.05, 0.1) is 17.1 Å². The van der Waals surface area contributed by atoms with Gasteiger partial charge in [-0.2, -0.15) is 18.3 Å². The summed E-state index contributed by atoms with van der Waals surface area (Å²) in [5.41, 5.74) is 14.2. The SMILES string of the molecule is CCC(/C(=C/Nc1cc(F)ccc1F)N=N)c1cc(-c2cnc(C(F)(F)F)nc2)c(C(=N)N)[nH]1. The van der Waals surface area contributed by atoms with Gasteiger partial charge in [-0.15, -0.1) is 0 Å². The summed E-state index contributed by atoms with van der Waals surface area (Å²) in [6.45, 7) is 1.78. The molecule has 0 aliphatic heterocycles. The van der Waals surface area contributed by atoms with Crippen molar-refractivity contribution in [3.8, 4) is 11.1 Å². The van der Waals surface area contributed by atoms with Crippen LogP contribution in [0.2, 0.25) is 0 Å². The molecule has 178 valence electrons. The molecule has 0 aliphatic carbocycles. The van der Waals surface area contributed by atoms with E-state index in [1.54, 1.807) is 13.0 Å². The van der Waals surface area contributed by atoms with E-state index in [-0.39, 0.29) is 34.0 Å². The summed E-state index contributed by atoms with van der Waals surface area (Å²) < 4.78 is 65.7. The minimum atomic E-state index is -4.71. The van der Waals surface area contributed by atoms with Crippen LogP contribution in [0.5, 0.6) is 0 Å². The average Bonchev–Trinajstić information content (AvgIpc) is 3.23. The molecule has 0 saturated heterocycles. The van der Waals surface area contributed by atoms with Gasteiger partial charge < -0.3 is 16.0 Å². The molecule has 1 atom stereocenters. The van der Waals surface area contributed by atoms with Gasteiger partial charge in [0.25, 0.3) is 0 Å². The standard InChI is InChI=1S/C21H19F5N8/c1-2-12(17(34-29)9-30-16-5-11(22)3-4-14(16)23)15-6-13(18(33-15)19(27)28)10-7-31-20(32-8-10)21(24,25)26/h3-9,12,29-30,33H,2H2,1H3,(H3,27,28)/b17-9-,34-29?. The van der Waals surface area contributed by atoms with E-state index in [9.17, 15) is 22.0 Å². The number of nitrogens with two attached hydrogens (primary N) is 1. The maximum Gasteiger partial charge on any atom is 0.451 e. The van der Waals surface area contributed by atoms with Crippen LogP contribution in [0, 0.1) is 22.6 Å². The number of rotatable bonds is 8. The van der Waals surface area contributed by atoms with Gasteiger partial charge in [0.15, 0.2) is 0 Å². The minimum Gasteiger partial charge on any atom is -0.382 e. The van der Waals surface area contributed by atoms with E-state index in [0.29, 0.717) is 12.1 Å². The van der Waals surface area contributed by atoms with E-state index in [4.69, 9.17) is 16.7 Å². The highest BCUT2D eigenvalue weighted by Gasteiger charge is 2.34. The molecule has 2 heterocycles. The third-order valence-corrected chi connectivity index (χ3v) is 4.90. The van der Waals surface area contributed by atoms with Gasteiger partial charge in [-0.3, -0.25) is 5.41 Å². The summed E-state index contributed by atoms with van der Waals surface area (Å²) in [7, 11) is 0. The Hall–Kier alpha value is -4.16.